The van der Waals surface area contributed by atoms with Crippen LogP contribution in [0.3, 0.4) is 0 Å². The summed E-state index contributed by atoms with van der Waals surface area (Å²) in [5.41, 5.74) is 2.92. The first-order valence-corrected chi connectivity index (χ1v) is 10.8. The van der Waals surface area contributed by atoms with Crippen molar-refractivity contribution in [2.45, 2.75) is 19.1 Å². The highest BCUT2D eigenvalue weighted by Gasteiger charge is 2.24. The third-order valence-electron chi connectivity index (χ3n) is 5.21. The van der Waals surface area contributed by atoms with Crippen LogP contribution in [0, 0.1) is 0 Å². The number of hydrogen-bond donors (Lipinski definition) is 3. The molecule has 1 saturated heterocycles. The number of nitrogens with one attached hydrogen (secondary N) is 3. The van der Waals surface area contributed by atoms with Gasteiger partial charge in [0.1, 0.15) is 18.0 Å². The summed E-state index contributed by atoms with van der Waals surface area (Å²) in [6, 6.07) is 14.0. The van der Waals surface area contributed by atoms with Crippen molar-refractivity contribution >= 4 is 29.0 Å². The highest BCUT2D eigenvalue weighted by Crippen LogP contribution is 2.33. The normalized spacial score (nSPS) is 16.9. The number of urea groups is 1. The van der Waals surface area contributed by atoms with Gasteiger partial charge < -0.3 is 25.4 Å². The summed E-state index contributed by atoms with van der Waals surface area (Å²) in [6.45, 7) is 4.25. The molecule has 2 amide bonds. The SMILES string of the molecule is CC(Oc1ccc(NC(=O)Nc2cccc(Cl)c2)cc1-c1ccnn1C)C1CNCCO1. The molecule has 0 spiro atoms. The van der Waals surface area contributed by atoms with E-state index >= 15 is 0 Å². The van der Waals surface area contributed by atoms with Crippen LogP contribution < -0.4 is 20.7 Å². The number of amides is 2. The summed E-state index contributed by atoms with van der Waals surface area (Å²) in [7, 11) is 1.86. The lowest BCUT2D eigenvalue weighted by atomic mass is 10.1. The molecule has 2 atom stereocenters. The fourth-order valence-corrected chi connectivity index (χ4v) is 3.76. The number of carbonyl (C=O) groups is 1. The van der Waals surface area contributed by atoms with Crippen molar-refractivity contribution in [2.75, 3.05) is 30.3 Å². The van der Waals surface area contributed by atoms with Crippen LogP contribution in [0.2, 0.25) is 5.02 Å². The molecule has 0 saturated carbocycles. The van der Waals surface area contributed by atoms with E-state index in [-0.39, 0.29) is 18.2 Å². The maximum absolute atomic E-state index is 12.5. The van der Waals surface area contributed by atoms with Gasteiger partial charge in [0.15, 0.2) is 0 Å². The van der Waals surface area contributed by atoms with Gasteiger partial charge in [-0.1, -0.05) is 17.7 Å². The number of halogens is 1. The number of aromatic nitrogens is 2. The Morgan fingerprint density at radius 2 is 2.06 bits per heavy atom. The second-order valence-corrected chi connectivity index (χ2v) is 8.01. The average molecular weight is 456 g/mol. The molecule has 2 unspecified atom stereocenters. The van der Waals surface area contributed by atoms with Crippen molar-refractivity contribution < 1.29 is 14.3 Å². The smallest absolute Gasteiger partial charge is 0.323 e. The maximum Gasteiger partial charge on any atom is 0.323 e. The van der Waals surface area contributed by atoms with Crippen LogP contribution in [-0.2, 0) is 11.8 Å². The molecular weight excluding hydrogens is 430 g/mol. The second kappa shape index (κ2) is 10.0. The molecule has 0 radical (unpaired) electrons. The predicted octanol–water partition coefficient (Wildman–Crippen LogP) is 4.14. The Morgan fingerprint density at radius 3 is 2.75 bits per heavy atom. The van der Waals surface area contributed by atoms with Crippen molar-refractivity contribution in [3.63, 3.8) is 0 Å². The molecule has 1 aromatic heterocycles. The molecule has 1 aliphatic rings. The third kappa shape index (κ3) is 5.40. The first-order chi connectivity index (χ1) is 15.5. The lowest BCUT2D eigenvalue weighted by Crippen LogP contribution is -2.46. The zero-order chi connectivity index (χ0) is 22.5. The summed E-state index contributed by atoms with van der Waals surface area (Å²) >= 11 is 5.99. The van der Waals surface area contributed by atoms with Gasteiger partial charge in [0, 0.05) is 48.3 Å². The van der Waals surface area contributed by atoms with Gasteiger partial charge in [0.05, 0.1) is 12.3 Å². The molecule has 4 rings (SSSR count). The van der Waals surface area contributed by atoms with Crippen LogP contribution in [0.1, 0.15) is 6.92 Å². The van der Waals surface area contributed by atoms with E-state index in [4.69, 9.17) is 21.1 Å². The number of nitrogens with zero attached hydrogens (tertiary/aromatic N) is 2. The Kier molecular flexibility index (Phi) is 6.94. The standard InChI is InChI=1S/C23H26ClN5O3/c1-15(22-14-25-10-11-31-22)32-21-7-6-18(13-19(21)20-8-9-26-29(20)2)28-23(30)27-17-5-3-4-16(24)12-17/h3-9,12-13,15,22,25H,10-11,14H2,1-2H3,(H2,27,28,30). The number of aryl methyl sites for hydroxylation is 1. The van der Waals surface area contributed by atoms with E-state index in [9.17, 15) is 4.79 Å². The molecule has 1 fully saturated rings. The molecule has 3 N–H and O–H groups in total. The Bertz CT molecular complexity index is 1080. The molecule has 2 aromatic carbocycles. The largest absolute Gasteiger partial charge is 0.487 e. The molecule has 0 bridgehead atoms. The monoisotopic (exact) mass is 455 g/mol. The third-order valence-corrected chi connectivity index (χ3v) is 5.44. The van der Waals surface area contributed by atoms with Crippen LogP contribution in [0.5, 0.6) is 5.75 Å². The number of carbonyl (C=O) groups excluding carboxylic acids is 1. The van der Waals surface area contributed by atoms with E-state index in [2.05, 4.69) is 21.0 Å². The van der Waals surface area contributed by atoms with Crippen LogP contribution in [0.15, 0.2) is 54.7 Å². The van der Waals surface area contributed by atoms with Crippen molar-refractivity contribution in [2.24, 2.45) is 7.05 Å². The van der Waals surface area contributed by atoms with E-state index in [0.29, 0.717) is 28.8 Å². The van der Waals surface area contributed by atoms with E-state index in [0.717, 1.165) is 24.3 Å². The lowest BCUT2D eigenvalue weighted by molar-refractivity contribution is -0.0348. The van der Waals surface area contributed by atoms with Crippen LogP contribution in [0.25, 0.3) is 11.3 Å². The molecule has 1 aliphatic heterocycles. The summed E-state index contributed by atoms with van der Waals surface area (Å²) in [6.07, 6.45) is 1.53. The van der Waals surface area contributed by atoms with Gasteiger partial charge in [0.2, 0.25) is 0 Å². The molecule has 8 nitrogen and oxygen atoms in total. The van der Waals surface area contributed by atoms with Gasteiger partial charge in [-0.3, -0.25) is 4.68 Å². The molecule has 168 valence electrons. The highest BCUT2D eigenvalue weighted by molar-refractivity contribution is 6.30. The average Bonchev–Trinajstić information content (AvgIpc) is 3.21. The van der Waals surface area contributed by atoms with Crippen molar-refractivity contribution in [1.29, 1.82) is 0 Å². The first kappa shape index (κ1) is 22.1. The van der Waals surface area contributed by atoms with E-state index in [1.54, 1.807) is 41.2 Å². The lowest BCUT2D eigenvalue weighted by Gasteiger charge is -2.29. The maximum atomic E-state index is 12.5. The zero-order valence-electron chi connectivity index (χ0n) is 18.0. The molecular formula is C23H26ClN5O3. The quantitative estimate of drug-likeness (QED) is 0.519. The van der Waals surface area contributed by atoms with Gasteiger partial charge in [-0.05, 0) is 49.4 Å². The number of ether oxygens (including phenoxy) is 2. The Balaban J connectivity index is 1.54. The van der Waals surface area contributed by atoms with Crippen LogP contribution >= 0.6 is 11.6 Å². The molecule has 9 heteroatoms. The van der Waals surface area contributed by atoms with Gasteiger partial charge >= 0.3 is 6.03 Å². The van der Waals surface area contributed by atoms with Gasteiger partial charge in [-0.25, -0.2) is 4.79 Å². The van der Waals surface area contributed by atoms with Crippen molar-refractivity contribution in [1.82, 2.24) is 15.1 Å². The number of morpholine rings is 1. The number of anilines is 2. The summed E-state index contributed by atoms with van der Waals surface area (Å²) in [4.78, 5) is 12.5. The van der Waals surface area contributed by atoms with E-state index in [1.165, 1.54) is 0 Å². The van der Waals surface area contributed by atoms with Gasteiger partial charge in [-0.15, -0.1) is 0 Å². The summed E-state index contributed by atoms with van der Waals surface area (Å²) in [5, 5.41) is 13.8. The summed E-state index contributed by atoms with van der Waals surface area (Å²) in [5.74, 6) is 0.691. The van der Waals surface area contributed by atoms with Gasteiger partial charge in [0.25, 0.3) is 0 Å². The minimum Gasteiger partial charge on any atom is -0.487 e. The number of benzene rings is 2. The fraction of sp³-hybridized carbons (Fsp3) is 0.304. The van der Waals surface area contributed by atoms with Crippen molar-refractivity contribution in [3.05, 3.63) is 59.8 Å². The first-order valence-electron chi connectivity index (χ1n) is 10.4. The fourth-order valence-electron chi connectivity index (χ4n) is 3.57. The molecule has 0 aliphatic carbocycles. The number of hydrogen-bond acceptors (Lipinski definition) is 5. The molecule has 3 aromatic rings. The van der Waals surface area contributed by atoms with Gasteiger partial charge in [-0.2, -0.15) is 5.10 Å². The highest BCUT2D eigenvalue weighted by atomic mass is 35.5. The molecule has 2 heterocycles. The topological polar surface area (TPSA) is 89.4 Å². The summed E-state index contributed by atoms with van der Waals surface area (Å²) < 4.78 is 13.9. The Labute approximate surface area is 191 Å². The van der Waals surface area contributed by atoms with Crippen molar-refractivity contribution in [3.8, 4) is 17.0 Å². The van der Waals surface area contributed by atoms with Crippen LogP contribution in [-0.4, -0.2) is 47.7 Å². The minimum atomic E-state index is -0.369. The molecule has 32 heavy (non-hydrogen) atoms. The number of rotatable bonds is 6. The van der Waals surface area contributed by atoms with Crippen LogP contribution in [0.4, 0.5) is 16.2 Å². The minimum absolute atomic E-state index is 0.0376. The Hall–Kier alpha value is -3.07. The predicted molar refractivity (Wildman–Crippen MR) is 125 cm³/mol. The van der Waals surface area contributed by atoms with E-state index < -0.39 is 0 Å². The second-order valence-electron chi connectivity index (χ2n) is 7.58. The van der Waals surface area contributed by atoms with E-state index in [1.807, 2.05) is 32.2 Å². The Morgan fingerprint density at radius 1 is 1.25 bits per heavy atom. The zero-order valence-corrected chi connectivity index (χ0v) is 18.7.